The van der Waals surface area contributed by atoms with Crippen LogP contribution in [0.3, 0.4) is 0 Å². The fourth-order valence-electron chi connectivity index (χ4n) is 2.13. The van der Waals surface area contributed by atoms with Crippen molar-refractivity contribution in [2.45, 2.75) is 13.0 Å². The van der Waals surface area contributed by atoms with Crippen LogP contribution < -0.4 is 10.1 Å². The first-order valence-electron chi connectivity index (χ1n) is 7.56. The molecule has 0 saturated heterocycles. The Hall–Kier alpha value is -2.51. The van der Waals surface area contributed by atoms with Crippen molar-refractivity contribution < 1.29 is 18.3 Å². The molecule has 26 heavy (non-hydrogen) atoms. The van der Waals surface area contributed by atoms with E-state index in [4.69, 9.17) is 16.3 Å². The van der Waals surface area contributed by atoms with Gasteiger partial charge >= 0.3 is 0 Å². The quantitative estimate of drug-likeness (QED) is 0.651. The number of nitrogens with zero attached hydrogens (tertiary/aromatic N) is 1. The van der Waals surface area contributed by atoms with E-state index in [0.29, 0.717) is 10.8 Å². The number of ether oxygens (including phenoxy) is 1. The minimum absolute atomic E-state index is 0.0345. The average Bonchev–Trinajstić information content (AvgIpc) is 3.07. The Morgan fingerprint density at radius 2 is 1.96 bits per heavy atom. The number of hydrogen-bond acceptors (Lipinski definition) is 4. The van der Waals surface area contributed by atoms with Gasteiger partial charge < -0.3 is 4.74 Å². The third-order valence-electron chi connectivity index (χ3n) is 3.43. The predicted molar refractivity (Wildman–Crippen MR) is 97.6 cm³/mol. The van der Waals surface area contributed by atoms with E-state index in [0.717, 1.165) is 29.5 Å². The van der Waals surface area contributed by atoms with Gasteiger partial charge in [0.2, 0.25) is 0 Å². The first-order chi connectivity index (χ1) is 12.4. The van der Waals surface area contributed by atoms with Gasteiger partial charge in [0.15, 0.2) is 11.2 Å². The van der Waals surface area contributed by atoms with Crippen LogP contribution in [-0.2, 0) is 4.79 Å². The summed E-state index contributed by atoms with van der Waals surface area (Å²) in [4.78, 5) is 16.4. The van der Waals surface area contributed by atoms with Crippen LogP contribution in [0.2, 0.25) is 5.02 Å². The molecule has 3 rings (SSSR count). The monoisotopic (exact) mass is 394 g/mol. The number of carbonyl (C=O) groups is 1. The van der Waals surface area contributed by atoms with Gasteiger partial charge in [-0.3, -0.25) is 10.1 Å². The zero-order valence-electron chi connectivity index (χ0n) is 13.5. The van der Waals surface area contributed by atoms with E-state index in [1.165, 1.54) is 5.38 Å². The van der Waals surface area contributed by atoms with Crippen molar-refractivity contribution in [1.29, 1.82) is 0 Å². The zero-order valence-corrected chi connectivity index (χ0v) is 15.1. The standard InChI is InChI=1S/C18H13ClF2N2O2S/c1-10(25-13-5-2-11(19)3-6-13)17(24)23-18-22-16(9-26-18)14-8-12(20)4-7-15(14)21/h2-10H,1H3,(H,22,23,24)/t10-/m1/s1. The molecular formula is C18H13ClF2N2O2S. The Balaban J connectivity index is 1.67. The lowest BCUT2D eigenvalue weighted by Crippen LogP contribution is -2.30. The molecule has 4 nitrogen and oxygen atoms in total. The molecule has 1 aromatic heterocycles. The lowest BCUT2D eigenvalue weighted by atomic mass is 10.1. The summed E-state index contributed by atoms with van der Waals surface area (Å²) in [5, 5.41) is 4.97. The maximum absolute atomic E-state index is 13.8. The second kappa shape index (κ2) is 7.80. The third-order valence-corrected chi connectivity index (χ3v) is 4.44. The molecule has 0 fully saturated rings. The molecule has 1 N–H and O–H groups in total. The lowest BCUT2D eigenvalue weighted by Gasteiger charge is -2.13. The van der Waals surface area contributed by atoms with E-state index in [-0.39, 0.29) is 16.4 Å². The Labute approximate surface area is 157 Å². The summed E-state index contributed by atoms with van der Waals surface area (Å²) in [6.45, 7) is 1.59. The molecule has 0 aliphatic heterocycles. The van der Waals surface area contributed by atoms with E-state index < -0.39 is 23.6 Å². The molecule has 134 valence electrons. The van der Waals surface area contributed by atoms with Gasteiger partial charge in [-0.25, -0.2) is 13.8 Å². The van der Waals surface area contributed by atoms with Crippen molar-refractivity contribution in [1.82, 2.24) is 4.98 Å². The molecule has 1 heterocycles. The van der Waals surface area contributed by atoms with E-state index in [1.807, 2.05) is 0 Å². The number of thiazole rings is 1. The Bertz CT molecular complexity index is 931. The molecular weight excluding hydrogens is 382 g/mol. The van der Waals surface area contributed by atoms with Crippen LogP contribution >= 0.6 is 22.9 Å². The van der Waals surface area contributed by atoms with Gasteiger partial charge in [-0.2, -0.15) is 0 Å². The maximum atomic E-state index is 13.8. The Kier molecular flexibility index (Phi) is 5.49. The molecule has 0 spiro atoms. The first-order valence-corrected chi connectivity index (χ1v) is 8.82. The van der Waals surface area contributed by atoms with Gasteiger partial charge in [0.25, 0.3) is 5.91 Å². The number of carbonyl (C=O) groups excluding carboxylic acids is 1. The Morgan fingerprint density at radius 1 is 1.23 bits per heavy atom. The zero-order chi connectivity index (χ0) is 18.7. The largest absolute Gasteiger partial charge is 0.481 e. The highest BCUT2D eigenvalue weighted by atomic mass is 35.5. The highest BCUT2D eigenvalue weighted by Crippen LogP contribution is 2.28. The number of amides is 1. The van der Waals surface area contributed by atoms with Crippen molar-refractivity contribution in [3.63, 3.8) is 0 Å². The van der Waals surface area contributed by atoms with Crippen LogP contribution in [0, 0.1) is 11.6 Å². The molecule has 0 aliphatic carbocycles. The smallest absolute Gasteiger partial charge is 0.266 e. The van der Waals surface area contributed by atoms with Crippen LogP contribution in [0.1, 0.15) is 6.92 Å². The van der Waals surface area contributed by atoms with Crippen molar-refractivity contribution >= 4 is 34.0 Å². The molecule has 0 saturated carbocycles. The van der Waals surface area contributed by atoms with Crippen LogP contribution in [0.4, 0.5) is 13.9 Å². The highest BCUT2D eigenvalue weighted by Gasteiger charge is 2.17. The van der Waals surface area contributed by atoms with E-state index in [1.54, 1.807) is 31.2 Å². The molecule has 2 aromatic carbocycles. The van der Waals surface area contributed by atoms with Gasteiger partial charge in [0.05, 0.1) is 5.69 Å². The molecule has 0 unspecified atom stereocenters. The number of hydrogen-bond donors (Lipinski definition) is 1. The number of benzene rings is 2. The second-order valence-corrected chi connectivity index (χ2v) is 6.66. The van der Waals surface area contributed by atoms with Crippen molar-refractivity contribution in [3.8, 4) is 17.0 Å². The minimum Gasteiger partial charge on any atom is -0.481 e. The number of rotatable bonds is 5. The van der Waals surface area contributed by atoms with Crippen LogP contribution in [0.5, 0.6) is 5.75 Å². The number of aromatic nitrogens is 1. The van der Waals surface area contributed by atoms with Crippen molar-refractivity contribution in [2.75, 3.05) is 5.32 Å². The van der Waals surface area contributed by atoms with E-state index >= 15 is 0 Å². The highest BCUT2D eigenvalue weighted by molar-refractivity contribution is 7.14. The summed E-state index contributed by atoms with van der Waals surface area (Å²) >= 11 is 6.91. The minimum atomic E-state index is -0.783. The first kappa shape index (κ1) is 18.3. The molecule has 0 bridgehead atoms. The molecule has 0 aliphatic rings. The molecule has 1 atom stereocenters. The summed E-state index contributed by atoms with van der Waals surface area (Å²) in [6, 6.07) is 9.74. The van der Waals surface area contributed by atoms with Gasteiger partial charge in [-0.05, 0) is 49.4 Å². The molecule has 3 aromatic rings. The molecule has 0 radical (unpaired) electrons. The molecule has 8 heteroatoms. The van der Waals surface area contributed by atoms with Gasteiger partial charge in [0.1, 0.15) is 17.4 Å². The van der Waals surface area contributed by atoms with Gasteiger partial charge in [-0.15, -0.1) is 11.3 Å². The predicted octanol–water partition coefficient (Wildman–Crippen LogP) is 5.15. The topological polar surface area (TPSA) is 51.2 Å². The number of anilines is 1. The fourth-order valence-corrected chi connectivity index (χ4v) is 2.97. The maximum Gasteiger partial charge on any atom is 0.266 e. The van der Waals surface area contributed by atoms with E-state index in [2.05, 4.69) is 10.3 Å². The van der Waals surface area contributed by atoms with Crippen LogP contribution in [0.15, 0.2) is 47.8 Å². The SMILES string of the molecule is C[C@@H](Oc1ccc(Cl)cc1)C(=O)Nc1nc(-c2cc(F)ccc2F)cs1. The van der Waals surface area contributed by atoms with Crippen molar-refractivity contribution in [3.05, 3.63) is 64.5 Å². The summed E-state index contributed by atoms with van der Waals surface area (Å²) in [7, 11) is 0. The van der Waals surface area contributed by atoms with Gasteiger partial charge in [-0.1, -0.05) is 11.6 Å². The summed E-state index contributed by atoms with van der Waals surface area (Å²) in [5.41, 5.74) is 0.279. The Morgan fingerprint density at radius 3 is 2.69 bits per heavy atom. The third kappa shape index (κ3) is 4.36. The van der Waals surface area contributed by atoms with Crippen LogP contribution in [0.25, 0.3) is 11.3 Å². The lowest BCUT2D eigenvalue weighted by molar-refractivity contribution is -0.122. The average molecular weight is 395 g/mol. The van der Waals surface area contributed by atoms with E-state index in [9.17, 15) is 13.6 Å². The number of halogens is 3. The summed E-state index contributed by atoms with van der Waals surface area (Å²) in [6.07, 6.45) is -0.783. The van der Waals surface area contributed by atoms with Crippen LogP contribution in [-0.4, -0.2) is 17.0 Å². The number of nitrogens with one attached hydrogen (secondary N) is 1. The second-order valence-electron chi connectivity index (χ2n) is 5.37. The molecule has 1 amide bonds. The normalized spacial score (nSPS) is 11.8. The summed E-state index contributed by atoms with van der Waals surface area (Å²) in [5.74, 6) is -1.07. The van der Waals surface area contributed by atoms with Crippen molar-refractivity contribution in [2.24, 2.45) is 0 Å². The van der Waals surface area contributed by atoms with Gasteiger partial charge in [0, 0.05) is 16.0 Å². The fraction of sp³-hybridized carbons (Fsp3) is 0.111. The summed E-state index contributed by atoms with van der Waals surface area (Å²) < 4.78 is 32.6.